The van der Waals surface area contributed by atoms with Gasteiger partial charge in [-0.05, 0) is 55.7 Å². The van der Waals surface area contributed by atoms with E-state index >= 15 is 0 Å². The van der Waals surface area contributed by atoms with Crippen molar-refractivity contribution in [1.82, 2.24) is 14.3 Å². The van der Waals surface area contributed by atoms with Crippen LogP contribution in [0.1, 0.15) is 34.1 Å². The van der Waals surface area contributed by atoms with Crippen LogP contribution in [-0.4, -0.2) is 33.3 Å². The zero-order chi connectivity index (χ0) is 21.4. The molecule has 2 aromatic carbocycles. The van der Waals surface area contributed by atoms with Gasteiger partial charge in [0.2, 0.25) is 0 Å². The number of imidazole rings is 1. The van der Waals surface area contributed by atoms with Crippen LogP contribution in [0.4, 0.5) is 0 Å². The maximum atomic E-state index is 12.7. The lowest BCUT2D eigenvalue weighted by atomic mass is 9.95. The molecule has 0 aliphatic carbocycles. The highest BCUT2D eigenvalue weighted by Crippen LogP contribution is 2.32. The zero-order valence-electron chi connectivity index (χ0n) is 17.8. The van der Waals surface area contributed by atoms with Crippen molar-refractivity contribution in [2.24, 2.45) is 0 Å². The number of hydrogen-bond donors (Lipinski definition) is 0. The number of carbonyl (C=O) groups excluding carboxylic acids is 1. The first-order valence-electron chi connectivity index (χ1n) is 10.7. The van der Waals surface area contributed by atoms with Crippen molar-refractivity contribution in [3.8, 4) is 17.0 Å². The summed E-state index contributed by atoms with van der Waals surface area (Å²) in [5, 5.41) is 0. The number of aromatic nitrogens is 2. The number of hydrogen-bond acceptors (Lipinski definition) is 3. The molecule has 0 fully saturated rings. The van der Waals surface area contributed by atoms with Crippen molar-refractivity contribution in [2.75, 3.05) is 13.1 Å². The van der Waals surface area contributed by atoms with Crippen molar-refractivity contribution >= 4 is 11.6 Å². The van der Waals surface area contributed by atoms with Crippen molar-refractivity contribution in [2.45, 2.75) is 26.9 Å². The highest BCUT2D eigenvalue weighted by molar-refractivity contribution is 5.97. The number of pyridine rings is 1. The third-order valence-electron chi connectivity index (χ3n) is 5.95. The number of ether oxygens (including phenoxy) is 1. The van der Waals surface area contributed by atoms with E-state index in [4.69, 9.17) is 9.72 Å². The number of rotatable bonds is 5. The summed E-state index contributed by atoms with van der Waals surface area (Å²) in [6.45, 7) is 6.06. The summed E-state index contributed by atoms with van der Waals surface area (Å²) in [6.07, 6.45) is 2.90. The lowest BCUT2D eigenvalue weighted by Crippen LogP contribution is -2.37. The lowest BCUT2D eigenvalue weighted by Gasteiger charge is -2.27. The second kappa shape index (κ2) is 7.91. The molecule has 2 aromatic heterocycles. The van der Waals surface area contributed by atoms with Crippen LogP contribution in [0, 0.1) is 6.92 Å². The van der Waals surface area contributed by atoms with E-state index in [9.17, 15) is 4.79 Å². The summed E-state index contributed by atoms with van der Waals surface area (Å²) in [5.41, 5.74) is 6.89. The minimum Gasteiger partial charge on any atom is -0.485 e. The molecule has 31 heavy (non-hydrogen) atoms. The Morgan fingerprint density at radius 1 is 1.06 bits per heavy atom. The largest absolute Gasteiger partial charge is 0.485 e. The van der Waals surface area contributed by atoms with Gasteiger partial charge in [0, 0.05) is 30.4 Å². The predicted octanol–water partition coefficient (Wildman–Crippen LogP) is 4.91. The number of fused-ring (bicyclic) bond motifs is 2. The first-order valence-corrected chi connectivity index (χ1v) is 10.7. The Bertz CT molecular complexity index is 1260. The predicted molar refractivity (Wildman–Crippen MR) is 121 cm³/mol. The van der Waals surface area contributed by atoms with Gasteiger partial charge in [-0.3, -0.25) is 9.20 Å². The Hall–Kier alpha value is -3.60. The summed E-state index contributed by atoms with van der Waals surface area (Å²) in [5.74, 6) is 0.884. The summed E-state index contributed by atoms with van der Waals surface area (Å²) in [4.78, 5) is 19.4. The van der Waals surface area contributed by atoms with E-state index in [1.54, 1.807) is 0 Å². The average Bonchev–Trinajstić information content (AvgIpc) is 3.14. The van der Waals surface area contributed by atoms with Gasteiger partial charge in [0.15, 0.2) is 11.4 Å². The zero-order valence-corrected chi connectivity index (χ0v) is 17.8. The van der Waals surface area contributed by atoms with Gasteiger partial charge >= 0.3 is 0 Å². The molecule has 1 aliphatic heterocycles. The van der Waals surface area contributed by atoms with Gasteiger partial charge in [-0.2, -0.15) is 0 Å². The van der Waals surface area contributed by atoms with Crippen molar-refractivity contribution in [3.63, 3.8) is 0 Å². The van der Waals surface area contributed by atoms with Crippen LogP contribution in [0.5, 0.6) is 5.75 Å². The van der Waals surface area contributed by atoms with Gasteiger partial charge < -0.3 is 9.64 Å². The van der Waals surface area contributed by atoms with Gasteiger partial charge in [0.1, 0.15) is 6.61 Å². The molecule has 0 saturated carbocycles. The Kier molecular flexibility index (Phi) is 4.94. The number of benzene rings is 2. The topological polar surface area (TPSA) is 46.8 Å². The minimum atomic E-state index is 0.127. The normalized spacial score (nSPS) is 13.5. The first kappa shape index (κ1) is 19.4. The fourth-order valence-corrected chi connectivity index (χ4v) is 4.34. The molecule has 0 radical (unpaired) electrons. The molecular weight excluding hydrogens is 386 g/mol. The number of aryl methyl sites for hydroxylation is 1. The Morgan fingerprint density at radius 2 is 1.90 bits per heavy atom. The van der Waals surface area contributed by atoms with E-state index < -0.39 is 0 Å². The van der Waals surface area contributed by atoms with E-state index in [-0.39, 0.29) is 5.91 Å². The van der Waals surface area contributed by atoms with Gasteiger partial charge in [-0.1, -0.05) is 36.4 Å². The van der Waals surface area contributed by atoms with Crippen molar-refractivity contribution < 1.29 is 9.53 Å². The molecule has 4 aromatic rings. The molecule has 5 rings (SSSR count). The molecule has 5 heteroatoms. The smallest absolute Gasteiger partial charge is 0.254 e. The molecule has 0 N–H and O–H groups in total. The van der Waals surface area contributed by atoms with Crippen LogP contribution in [0.25, 0.3) is 16.9 Å². The molecule has 1 amide bonds. The molecule has 1 aliphatic rings. The van der Waals surface area contributed by atoms with Crippen LogP contribution in [0.15, 0.2) is 66.9 Å². The SMILES string of the molecule is CCN1CCc2cc(-c3c(C)nc4c(OCc5ccccc5)cccn34)ccc2C1=O. The average molecular weight is 412 g/mol. The molecule has 5 nitrogen and oxygen atoms in total. The van der Waals surface area contributed by atoms with Crippen LogP contribution in [0.2, 0.25) is 0 Å². The fraction of sp³-hybridized carbons (Fsp3) is 0.231. The number of nitrogens with zero attached hydrogens (tertiary/aromatic N) is 3. The summed E-state index contributed by atoms with van der Waals surface area (Å²) in [6, 6.07) is 20.2. The van der Waals surface area contributed by atoms with Crippen LogP contribution >= 0.6 is 0 Å². The molecule has 0 atom stereocenters. The van der Waals surface area contributed by atoms with Crippen LogP contribution in [-0.2, 0) is 13.0 Å². The quantitative estimate of drug-likeness (QED) is 0.469. The maximum absolute atomic E-state index is 12.7. The highest BCUT2D eigenvalue weighted by atomic mass is 16.5. The molecule has 0 bridgehead atoms. The molecule has 3 heterocycles. The van der Waals surface area contributed by atoms with E-state index in [2.05, 4.69) is 22.6 Å². The van der Waals surface area contributed by atoms with Crippen LogP contribution in [0.3, 0.4) is 0 Å². The first-order chi connectivity index (χ1) is 15.2. The summed E-state index contributed by atoms with van der Waals surface area (Å²) < 4.78 is 8.19. The van der Waals surface area contributed by atoms with Gasteiger partial charge in [0.25, 0.3) is 5.91 Å². The maximum Gasteiger partial charge on any atom is 0.254 e. The summed E-state index contributed by atoms with van der Waals surface area (Å²) in [7, 11) is 0. The van der Waals surface area contributed by atoms with Crippen molar-refractivity contribution in [1.29, 1.82) is 0 Å². The molecule has 0 spiro atoms. The Balaban J connectivity index is 1.51. The van der Waals surface area contributed by atoms with E-state index in [1.165, 1.54) is 0 Å². The summed E-state index contributed by atoms with van der Waals surface area (Å²) >= 11 is 0. The number of amides is 1. The van der Waals surface area contributed by atoms with Gasteiger partial charge in [-0.15, -0.1) is 0 Å². The van der Waals surface area contributed by atoms with Crippen molar-refractivity contribution in [3.05, 3.63) is 89.2 Å². The molecule has 156 valence electrons. The van der Waals surface area contributed by atoms with E-state index in [0.29, 0.717) is 6.61 Å². The second-order valence-electron chi connectivity index (χ2n) is 7.89. The monoisotopic (exact) mass is 411 g/mol. The fourth-order valence-electron chi connectivity index (χ4n) is 4.34. The molecule has 0 unspecified atom stereocenters. The Labute approximate surface area is 181 Å². The third kappa shape index (κ3) is 3.46. The molecule has 0 saturated heterocycles. The minimum absolute atomic E-state index is 0.127. The van der Waals surface area contributed by atoms with Gasteiger partial charge in [-0.25, -0.2) is 4.98 Å². The standard InChI is InChI=1S/C26H25N3O2/c1-3-28-15-13-20-16-21(11-12-22(20)26(28)30)24-18(2)27-25-23(10-7-14-29(24)25)31-17-19-8-5-4-6-9-19/h4-12,14,16H,3,13,15,17H2,1-2H3. The Morgan fingerprint density at radius 3 is 2.71 bits per heavy atom. The van der Waals surface area contributed by atoms with Gasteiger partial charge in [0.05, 0.1) is 11.4 Å². The van der Waals surface area contributed by atoms with E-state index in [1.807, 2.05) is 67.4 Å². The lowest BCUT2D eigenvalue weighted by molar-refractivity contribution is 0.0749. The third-order valence-corrected chi connectivity index (χ3v) is 5.95. The van der Waals surface area contributed by atoms with Crippen LogP contribution < -0.4 is 4.74 Å². The van der Waals surface area contributed by atoms with E-state index in [0.717, 1.165) is 64.5 Å². The second-order valence-corrected chi connectivity index (χ2v) is 7.89. The number of carbonyl (C=O) groups is 1. The number of likely N-dealkylation sites (N-methyl/N-ethyl adjacent to an activating group) is 1. The molecular formula is C26H25N3O2. The highest BCUT2D eigenvalue weighted by Gasteiger charge is 2.24.